The Balaban J connectivity index is 2.07. The maximum absolute atomic E-state index is 12.4. The van der Waals surface area contributed by atoms with E-state index in [0.717, 1.165) is 37.7 Å². The lowest BCUT2D eigenvalue weighted by atomic mass is 9.91. The highest BCUT2D eigenvalue weighted by atomic mass is 16.3. The standard InChI is InChI=1S/C16H24N2O2/c1-16(17,12-8-4-2-5-9-12)15(20)18-13-10-6-3-7-11-14(13)19/h2,4-5,8-9,13-14,19H,3,6-7,10-11,17H2,1H3,(H,18,20). The normalized spacial score (nSPS) is 26.4. The molecule has 1 aliphatic carbocycles. The van der Waals surface area contributed by atoms with Crippen LogP contribution in [0, 0.1) is 0 Å². The molecule has 0 radical (unpaired) electrons. The minimum atomic E-state index is -1.08. The summed E-state index contributed by atoms with van der Waals surface area (Å²) in [5.74, 6) is -0.227. The fourth-order valence-electron chi connectivity index (χ4n) is 2.69. The first kappa shape index (κ1) is 15.0. The number of carbonyl (C=O) groups excluding carboxylic acids is 1. The van der Waals surface area contributed by atoms with Crippen LogP contribution in [0.15, 0.2) is 30.3 Å². The zero-order chi connectivity index (χ0) is 14.6. The summed E-state index contributed by atoms with van der Waals surface area (Å²) in [7, 11) is 0. The van der Waals surface area contributed by atoms with E-state index in [-0.39, 0.29) is 11.9 Å². The van der Waals surface area contributed by atoms with Gasteiger partial charge in [0.05, 0.1) is 12.1 Å². The molecule has 3 atom stereocenters. The van der Waals surface area contributed by atoms with E-state index in [0.29, 0.717) is 0 Å². The lowest BCUT2D eigenvalue weighted by Gasteiger charge is -2.29. The van der Waals surface area contributed by atoms with Crippen LogP contribution in [0.3, 0.4) is 0 Å². The second-order valence-electron chi connectivity index (χ2n) is 5.85. The second-order valence-corrected chi connectivity index (χ2v) is 5.85. The summed E-state index contributed by atoms with van der Waals surface area (Å²) < 4.78 is 0. The summed E-state index contributed by atoms with van der Waals surface area (Å²) in [6.07, 6.45) is 4.27. The van der Waals surface area contributed by atoms with E-state index in [9.17, 15) is 9.90 Å². The van der Waals surface area contributed by atoms with Crippen molar-refractivity contribution in [3.8, 4) is 0 Å². The van der Waals surface area contributed by atoms with Crippen molar-refractivity contribution in [2.24, 2.45) is 5.73 Å². The van der Waals surface area contributed by atoms with Gasteiger partial charge in [-0.3, -0.25) is 4.79 Å². The van der Waals surface area contributed by atoms with Crippen molar-refractivity contribution in [2.45, 2.75) is 56.7 Å². The summed E-state index contributed by atoms with van der Waals surface area (Å²) in [6, 6.07) is 9.15. The SMILES string of the molecule is CC(N)(C(=O)NC1CCCCCC1O)c1ccccc1. The van der Waals surface area contributed by atoms with Gasteiger partial charge < -0.3 is 16.2 Å². The lowest BCUT2D eigenvalue weighted by Crippen LogP contribution is -2.54. The summed E-state index contributed by atoms with van der Waals surface area (Å²) in [6.45, 7) is 1.71. The number of nitrogens with two attached hydrogens (primary N) is 1. The van der Waals surface area contributed by atoms with Gasteiger partial charge in [0, 0.05) is 0 Å². The molecule has 1 aromatic rings. The van der Waals surface area contributed by atoms with Crippen LogP contribution < -0.4 is 11.1 Å². The Morgan fingerprint density at radius 2 is 1.90 bits per heavy atom. The topological polar surface area (TPSA) is 75.4 Å². The molecule has 1 aromatic carbocycles. The van der Waals surface area contributed by atoms with Gasteiger partial charge in [-0.2, -0.15) is 0 Å². The summed E-state index contributed by atoms with van der Waals surface area (Å²) in [4.78, 5) is 12.4. The Bertz CT molecular complexity index is 445. The molecule has 2 rings (SSSR count). The fraction of sp³-hybridized carbons (Fsp3) is 0.562. The summed E-state index contributed by atoms with van der Waals surface area (Å²) in [5.41, 5.74) is 5.89. The van der Waals surface area contributed by atoms with Crippen molar-refractivity contribution in [3.63, 3.8) is 0 Å². The molecule has 1 saturated carbocycles. The number of aliphatic hydroxyl groups excluding tert-OH is 1. The average molecular weight is 276 g/mol. The van der Waals surface area contributed by atoms with Crippen molar-refractivity contribution < 1.29 is 9.90 Å². The van der Waals surface area contributed by atoms with E-state index < -0.39 is 11.6 Å². The third kappa shape index (κ3) is 3.38. The van der Waals surface area contributed by atoms with Gasteiger partial charge in [0.25, 0.3) is 0 Å². The predicted molar refractivity (Wildman–Crippen MR) is 79.0 cm³/mol. The minimum absolute atomic E-state index is 0.184. The fourth-order valence-corrected chi connectivity index (χ4v) is 2.69. The molecule has 0 aliphatic heterocycles. The first-order chi connectivity index (χ1) is 9.51. The molecule has 4 nitrogen and oxygen atoms in total. The van der Waals surface area contributed by atoms with Crippen molar-refractivity contribution in [3.05, 3.63) is 35.9 Å². The molecule has 1 aliphatic rings. The molecule has 110 valence electrons. The van der Waals surface area contributed by atoms with Gasteiger partial charge in [0.15, 0.2) is 0 Å². The van der Waals surface area contributed by atoms with Crippen LogP contribution in [-0.4, -0.2) is 23.2 Å². The van der Waals surface area contributed by atoms with Gasteiger partial charge in [0.2, 0.25) is 5.91 Å². The van der Waals surface area contributed by atoms with Crippen LogP contribution >= 0.6 is 0 Å². The zero-order valence-electron chi connectivity index (χ0n) is 12.0. The highest BCUT2D eigenvalue weighted by Crippen LogP contribution is 2.21. The number of rotatable bonds is 3. The van der Waals surface area contributed by atoms with E-state index in [1.807, 2.05) is 30.3 Å². The van der Waals surface area contributed by atoms with Gasteiger partial charge in [-0.15, -0.1) is 0 Å². The molecule has 0 heterocycles. The number of aliphatic hydroxyl groups is 1. The molecule has 4 N–H and O–H groups in total. The predicted octanol–water partition coefficient (Wildman–Crippen LogP) is 1.67. The molecule has 0 spiro atoms. The molecule has 0 aromatic heterocycles. The number of hydrogen-bond acceptors (Lipinski definition) is 3. The average Bonchev–Trinajstić information content (AvgIpc) is 2.65. The number of amides is 1. The Morgan fingerprint density at radius 1 is 1.25 bits per heavy atom. The Morgan fingerprint density at radius 3 is 2.60 bits per heavy atom. The summed E-state index contributed by atoms with van der Waals surface area (Å²) in [5, 5.41) is 13.0. The molecular weight excluding hydrogens is 252 g/mol. The van der Waals surface area contributed by atoms with Gasteiger partial charge >= 0.3 is 0 Å². The molecule has 20 heavy (non-hydrogen) atoms. The van der Waals surface area contributed by atoms with Crippen LogP contribution in [0.2, 0.25) is 0 Å². The van der Waals surface area contributed by atoms with E-state index in [4.69, 9.17) is 5.73 Å². The van der Waals surface area contributed by atoms with E-state index in [1.54, 1.807) is 6.92 Å². The Hall–Kier alpha value is -1.39. The molecule has 0 saturated heterocycles. The van der Waals surface area contributed by atoms with E-state index >= 15 is 0 Å². The first-order valence-electron chi connectivity index (χ1n) is 7.35. The van der Waals surface area contributed by atoms with Crippen LogP contribution in [0.1, 0.15) is 44.6 Å². The van der Waals surface area contributed by atoms with Crippen molar-refractivity contribution >= 4 is 5.91 Å². The zero-order valence-corrected chi connectivity index (χ0v) is 12.0. The number of benzene rings is 1. The van der Waals surface area contributed by atoms with Crippen LogP contribution in [0.4, 0.5) is 0 Å². The van der Waals surface area contributed by atoms with Gasteiger partial charge in [0.1, 0.15) is 5.54 Å². The highest BCUT2D eigenvalue weighted by Gasteiger charge is 2.33. The maximum atomic E-state index is 12.4. The quantitative estimate of drug-likeness (QED) is 0.735. The maximum Gasteiger partial charge on any atom is 0.244 e. The Kier molecular flexibility index (Phi) is 4.78. The lowest BCUT2D eigenvalue weighted by molar-refractivity contribution is -0.127. The molecule has 3 unspecified atom stereocenters. The van der Waals surface area contributed by atoms with Crippen LogP contribution in [0.5, 0.6) is 0 Å². The number of carbonyl (C=O) groups is 1. The largest absolute Gasteiger partial charge is 0.391 e. The molecular formula is C16H24N2O2. The van der Waals surface area contributed by atoms with Crippen molar-refractivity contribution in [2.75, 3.05) is 0 Å². The Labute approximate surface area is 120 Å². The summed E-state index contributed by atoms with van der Waals surface area (Å²) >= 11 is 0. The third-order valence-corrected chi connectivity index (χ3v) is 4.14. The number of hydrogen-bond donors (Lipinski definition) is 3. The van der Waals surface area contributed by atoms with E-state index in [2.05, 4.69) is 5.32 Å². The van der Waals surface area contributed by atoms with Crippen LogP contribution in [0.25, 0.3) is 0 Å². The smallest absolute Gasteiger partial charge is 0.244 e. The second kappa shape index (κ2) is 6.37. The van der Waals surface area contributed by atoms with Gasteiger partial charge in [-0.25, -0.2) is 0 Å². The molecule has 1 amide bonds. The minimum Gasteiger partial charge on any atom is -0.391 e. The van der Waals surface area contributed by atoms with Gasteiger partial charge in [-0.05, 0) is 25.3 Å². The first-order valence-corrected chi connectivity index (χ1v) is 7.35. The van der Waals surface area contributed by atoms with E-state index in [1.165, 1.54) is 0 Å². The molecule has 1 fully saturated rings. The number of nitrogens with one attached hydrogen (secondary N) is 1. The van der Waals surface area contributed by atoms with Gasteiger partial charge in [-0.1, -0.05) is 49.6 Å². The van der Waals surface area contributed by atoms with Crippen LogP contribution in [-0.2, 0) is 10.3 Å². The third-order valence-electron chi connectivity index (χ3n) is 4.14. The van der Waals surface area contributed by atoms with Crippen molar-refractivity contribution in [1.29, 1.82) is 0 Å². The molecule has 0 bridgehead atoms. The monoisotopic (exact) mass is 276 g/mol. The van der Waals surface area contributed by atoms with Crippen molar-refractivity contribution in [1.82, 2.24) is 5.32 Å². The molecule has 4 heteroatoms. The highest BCUT2D eigenvalue weighted by molar-refractivity contribution is 5.87.